The van der Waals surface area contributed by atoms with Crippen molar-refractivity contribution in [2.24, 2.45) is 4.99 Å². The number of guanidine groups is 1. The summed E-state index contributed by atoms with van der Waals surface area (Å²) in [7, 11) is 1.61. The van der Waals surface area contributed by atoms with Crippen molar-refractivity contribution in [3.8, 4) is 5.75 Å². The van der Waals surface area contributed by atoms with Crippen molar-refractivity contribution >= 4 is 35.8 Å². The summed E-state index contributed by atoms with van der Waals surface area (Å²) < 4.78 is 41.0. The van der Waals surface area contributed by atoms with E-state index in [0.29, 0.717) is 25.5 Å². The Labute approximate surface area is 180 Å². The number of hydrogen-bond acceptors (Lipinski definition) is 3. The van der Waals surface area contributed by atoms with E-state index in [0.717, 1.165) is 12.0 Å². The minimum Gasteiger partial charge on any atom is -0.484 e. The second-order valence-corrected chi connectivity index (χ2v) is 6.03. The fourth-order valence-corrected chi connectivity index (χ4v) is 2.02. The number of carbonyl (C=O) groups is 1. The van der Waals surface area contributed by atoms with Gasteiger partial charge >= 0.3 is 6.18 Å². The Kier molecular flexibility index (Phi) is 12.6. The molecule has 0 saturated heterocycles. The molecule has 160 valence electrons. The first-order chi connectivity index (χ1) is 12.7. The lowest BCUT2D eigenvalue weighted by molar-refractivity contribution is -0.153. The van der Waals surface area contributed by atoms with Gasteiger partial charge in [-0.15, -0.1) is 24.0 Å². The third kappa shape index (κ3) is 11.9. The molecule has 1 rings (SSSR count). The van der Waals surface area contributed by atoms with Crippen LogP contribution in [0.5, 0.6) is 5.75 Å². The van der Waals surface area contributed by atoms with Gasteiger partial charge in [-0.05, 0) is 31.0 Å². The Hall–Kier alpha value is -1.72. The van der Waals surface area contributed by atoms with E-state index in [1.165, 1.54) is 12.1 Å². The van der Waals surface area contributed by atoms with Gasteiger partial charge in [0.1, 0.15) is 5.75 Å². The van der Waals surface area contributed by atoms with E-state index >= 15 is 0 Å². The average molecular weight is 516 g/mol. The highest BCUT2D eigenvalue weighted by Gasteiger charge is 2.28. The van der Waals surface area contributed by atoms with Crippen LogP contribution in [0.1, 0.15) is 32.3 Å². The molecule has 0 heterocycles. The molecule has 0 spiro atoms. The molecule has 0 radical (unpaired) electrons. The summed E-state index contributed by atoms with van der Waals surface area (Å²) in [5, 5.41) is 8.99. The van der Waals surface area contributed by atoms with Gasteiger partial charge in [-0.3, -0.25) is 9.79 Å². The molecule has 0 bridgehead atoms. The summed E-state index contributed by atoms with van der Waals surface area (Å²) in [6.45, 7) is 3.51. The second-order valence-electron chi connectivity index (χ2n) is 6.03. The number of benzene rings is 1. The molecule has 6 nitrogen and oxygen atoms in total. The Morgan fingerprint density at radius 3 is 2.39 bits per heavy atom. The molecule has 0 fully saturated rings. The Morgan fingerprint density at radius 1 is 1.21 bits per heavy atom. The van der Waals surface area contributed by atoms with Crippen LogP contribution in [0.15, 0.2) is 29.3 Å². The van der Waals surface area contributed by atoms with Crippen molar-refractivity contribution in [3.63, 3.8) is 0 Å². The Balaban J connectivity index is 0.00000729. The van der Waals surface area contributed by atoms with Crippen molar-refractivity contribution < 1.29 is 22.7 Å². The molecule has 1 aromatic carbocycles. The zero-order valence-corrected chi connectivity index (χ0v) is 18.6. The number of nitrogens with zero attached hydrogens (tertiary/aromatic N) is 1. The number of carbonyl (C=O) groups excluding carboxylic acids is 1. The maximum atomic E-state index is 12.1. The number of rotatable bonds is 9. The fourth-order valence-electron chi connectivity index (χ4n) is 2.02. The summed E-state index contributed by atoms with van der Waals surface area (Å²) in [5.41, 5.74) is 0.854. The van der Waals surface area contributed by atoms with E-state index < -0.39 is 12.8 Å². The van der Waals surface area contributed by atoms with Crippen LogP contribution in [-0.4, -0.2) is 44.3 Å². The van der Waals surface area contributed by atoms with Crippen LogP contribution in [0, 0.1) is 0 Å². The molecular formula is C18H28F3IN4O2. The number of amides is 1. The molecule has 10 heteroatoms. The molecule has 0 aliphatic carbocycles. The Morgan fingerprint density at radius 2 is 1.86 bits per heavy atom. The zero-order chi connectivity index (χ0) is 20.3. The maximum Gasteiger partial charge on any atom is 0.422 e. The van der Waals surface area contributed by atoms with Gasteiger partial charge in [-0.2, -0.15) is 13.2 Å². The van der Waals surface area contributed by atoms with Crippen molar-refractivity contribution in [2.75, 3.05) is 20.2 Å². The smallest absolute Gasteiger partial charge is 0.422 e. The molecule has 1 aromatic rings. The predicted molar refractivity (Wildman–Crippen MR) is 114 cm³/mol. The van der Waals surface area contributed by atoms with Gasteiger partial charge in [-0.1, -0.05) is 19.1 Å². The standard InChI is InChI=1S/C18H27F3N4O2.HI/c1-4-13(2)25-16(26)9-10-23-17(22-3)24-11-14-5-7-15(8-6-14)27-12-18(19,20)21;/h5-8,13H,4,9-12H2,1-3H3,(H,25,26)(H2,22,23,24);1H. The first-order valence-corrected chi connectivity index (χ1v) is 8.76. The summed E-state index contributed by atoms with van der Waals surface area (Å²) in [6.07, 6.45) is -3.15. The highest BCUT2D eigenvalue weighted by Crippen LogP contribution is 2.18. The number of nitrogens with one attached hydrogen (secondary N) is 3. The van der Waals surface area contributed by atoms with Gasteiger partial charge in [0.25, 0.3) is 0 Å². The highest BCUT2D eigenvalue weighted by atomic mass is 127. The van der Waals surface area contributed by atoms with Gasteiger partial charge in [0.05, 0.1) is 0 Å². The molecule has 0 aliphatic heterocycles. The van der Waals surface area contributed by atoms with E-state index in [4.69, 9.17) is 0 Å². The molecule has 1 unspecified atom stereocenters. The van der Waals surface area contributed by atoms with Gasteiger partial charge in [0, 0.05) is 32.6 Å². The van der Waals surface area contributed by atoms with E-state index in [1.807, 2.05) is 13.8 Å². The van der Waals surface area contributed by atoms with E-state index in [2.05, 4.69) is 25.7 Å². The van der Waals surface area contributed by atoms with Crippen LogP contribution in [0.25, 0.3) is 0 Å². The summed E-state index contributed by atoms with van der Waals surface area (Å²) in [4.78, 5) is 15.8. The molecule has 1 amide bonds. The minimum absolute atomic E-state index is 0. The Bertz CT molecular complexity index is 610. The summed E-state index contributed by atoms with van der Waals surface area (Å²) in [6, 6.07) is 6.46. The van der Waals surface area contributed by atoms with Crippen molar-refractivity contribution in [1.29, 1.82) is 0 Å². The first kappa shape index (κ1) is 26.3. The van der Waals surface area contributed by atoms with Crippen LogP contribution >= 0.6 is 24.0 Å². The number of alkyl halides is 3. The van der Waals surface area contributed by atoms with E-state index in [1.54, 1.807) is 19.2 Å². The SMILES string of the molecule is CCC(C)NC(=O)CCNC(=NC)NCc1ccc(OCC(F)(F)F)cc1.I. The molecule has 1 atom stereocenters. The first-order valence-electron chi connectivity index (χ1n) is 8.76. The lowest BCUT2D eigenvalue weighted by Crippen LogP contribution is -2.40. The number of hydrogen-bond donors (Lipinski definition) is 3. The highest BCUT2D eigenvalue weighted by molar-refractivity contribution is 14.0. The molecule has 3 N–H and O–H groups in total. The fraction of sp³-hybridized carbons (Fsp3) is 0.556. The molecule has 0 saturated carbocycles. The lowest BCUT2D eigenvalue weighted by Gasteiger charge is -2.14. The van der Waals surface area contributed by atoms with Gasteiger partial charge in [0.15, 0.2) is 12.6 Å². The normalized spacial score (nSPS) is 12.6. The minimum atomic E-state index is -4.36. The quantitative estimate of drug-likeness (QED) is 0.268. The molecule has 0 aliphatic rings. The molecule has 28 heavy (non-hydrogen) atoms. The van der Waals surface area contributed by atoms with Crippen LogP contribution in [0.4, 0.5) is 13.2 Å². The van der Waals surface area contributed by atoms with Crippen molar-refractivity contribution in [2.45, 2.75) is 45.5 Å². The van der Waals surface area contributed by atoms with Crippen molar-refractivity contribution in [1.82, 2.24) is 16.0 Å². The van der Waals surface area contributed by atoms with Crippen LogP contribution < -0.4 is 20.7 Å². The number of halogens is 4. The zero-order valence-electron chi connectivity index (χ0n) is 16.2. The average Bonchev–Trinajstić information content (AvgIpc) is 2.62. The maximum absolute atomic E-state index is 12.1. The summed E-state index contributed by atoms with van der Waals surface area (Å²) >= 11 is 0. The van der Waals surface area contributed by atoms with E-state index in [9.17, 15) is 18.0 Å². The van der Waals surface area contributed by atoms with Crippen LogP contribution in [0.2, 0.25) is 0 Å². The second kappa shape index (κ2) is 13.5. The van der Waals surface area contributed by atoms with Crippen molar-refractivity contribution in [3.05, 3.63) is 29.8 Å². The van der Waals surface area contributed by atoms with Crippen LogP contribution in [-0.2, 0) is 11.3 Å². The van der Waals surface area contributed by atoms with Gasteiger partial charge in [0.2, 0.25) is 5.91 Å². The predicted octanol–water partition coefficient (Wildman–Crippen LogP) is 3.22. The third-order valence-electron chi connectivity index (χ3n) is 3.67. The lowest BCUT2D eigenvalue weighted by atomic mass is 10.2. The number of ether oxygens (including phenoxy) is 1. The third-order valence-corrected chi connectivity index (χ3v) is 3.67. The summed E-state index contributed by atoms with van der Waals surface area (Å²) in [5.74, 6) is 0.663. The molecular weight excluding hydrogens is 488 g/mol. The largest absolute Gasteiger partial charge is 0.484 e. The topological polar surface area (TPSA) is 74.8 Å². The monoisotopic (exact) mass is 516 g/mol. The van der Waals surface area contributed by atoms with E-state index in [-0.39, 0.29) is 41.7 Å². The number of aliphatic imine (C=N–C) groups is 1. The van der Waals surface area contributed by atoms with Crippen LogP contribution in [0.3, 0.4) is 0 Å². The molecule has 0 aromatic heterocycles. The van der Waals surface area contributed by atoms with Gasteiger partial charge in [-0.25, -0.2) is 0 Å². The van der Waals surface area contributed by atoms with Gasteiger partial charge < -0.3 is 20.7 Å².